The summed E-state index contributed by atoms with van der Waals surface area (Å²) in [5.74, 6) is 0.281. The van der Waals surface area contributed by atoms with Gasteiger partial charge in [0, 0.05) is 6.42 Å². The lowest BCUT2D eigenvalue weighted by Crippen LogP contribution is -1.97. The van der Waals surface area contributed by atoms with Gasteiger partial charge in [-0.15, -0.1) is 0 Å². The van der Waals surface area contributed by atoms with E-state index in [9.17, 15) is 5.11 Å². The maximum absolute atomic E-state index is 9.38. The minimum absolute atomic E-state index is 0.281. The van der Waals surface area contributed by atoms with Crippen LogP contribution in [-0.2, 0) is 6.42 Å². The van der Waals surface area contributed by atoms with Crippen LogP contribution in [0.3, 0.4) is 0 Å². The van der Waals surface area contributed by atoms with Crippen molar-refractivity contribution in [3.8, 4) is 5.75 Å². The third kappa shape index (κ3) is 2.47. The van der Waals surface area contributed by atoms with Gasteiger partial charge in [0.2, 0.25) is 0 Å². The van der Waals surface area contributed by atoms with Crippen LogP contribution in [0, 0.1) is 6.92 Å². The van der Waals surface area contributed by atoms with Crippen LogP contribution in [0.2, 0.25) is 0 Å². The van der Waals surface area contributed by atoms with Crippen LogP contribution in [0.4, 0.5) is 0 Å². The number of benzene rings is 1. The molecule has 0 aliphatic carbocycles. The highest BCUT2D eigenvalue weighted by molar-refractivity contribution is 5.83. The molecule has 1 aromatic carbocycles. The number of nitrogens with zero attached hydrogens (tertiary/aromatic N) is 1. The van der Waals surface area contributed by atoms with Crippen molar-refractivity contribution in [2.24, 2.45) is 5.16 Å². The average molecular weight is 179 g/mol. The number of hydrogen-bond donors (Lipinski definition) is 2. The summed E-state index contributed by atoms with van der Waals surface area (Å²) < 4.78 is 0. The molecular formula is C10H13NO2. The van der Waals surface area contributed by atoms with E-state index in [0.717, 1.165) is 11.1 Å². The summed E-state index contributed by atoms with van der Waals surface area (Å²) in [6.45, 7) is 3.57. The first-order valence-corrected chi connectivity index (χ1v) is 4.09. The standard InChI is InChI=1S/C10H13NO2/c1-7-3-4-9(6-10(7)12)5-8(2)11-13/h3-4,6,12-13H,5H2,1-2H3/b11-8+. The van der Waals surface area contributed by atoms with Crippen LogP contribution in [0.1, 0.15) is 18.1 Å². The van der Waals surface area contributed by atoms with Crippen molar-refractivity contribution < 1.29 is 10.3 Å². The smallest absolute Gasteiger partial charge is 0.118 e. The van der Waals surface area contributed by atoms with Crippen LogP contribution in [0.5, 0.6) is 5.75 Å². The van der Waals surface area contributed by atoms with Crippen molar-refractivity contribution in [1.82, 2.24) is 0 Å². The van der Waals surface area contributed by atoms with E-state index in [4.69, 9.17) is 5.21 Å². The third-order valence-electron chi connectivity index (χ3n) is 1.90. The molecule has 2 N–H and O–H groups in total. The zero-order valence-corrected chi connectivity index (χ0v) is 7.78. The molecular weight excluding hydrogens is 166 g/mol. The lowest BCUT2D eigenvalue weighted by molar-refractivity contribution is 0.317. The minimum Gasteiger partial charge on any atom is -0.508 e. The van der Waals surface area contributed by atoms with Gasteiger partial charge in [-0.2, -0.15) is 0 Å². The molecule has 0 aliphatic rings. The summed E-state index contributed by atoms with van der Waals surface area (Å²) in [7, 11) is 0. The van der Waals surface area contributed by atoms with Crippen LogP contribution >= 0.6 is 0 Å². The highest BCUT2D eigenvalue weighted by Gasteiger charge is 2.00. The second-order valence-corrected chi connectivity index (χ2v) is 3.13. The quantitative estimate of drug-likeness (QED) is 0.415. The summed E-state index contributed by atoms with van der Waals surface area (Å²) in [5, 5.41) is 20.9. The molecule has 3 nitrogen and oxygen atoms in total. The topological polar surface area (TPSA) is 52.8 Å². The minimum atomic E-state index is 0.281. The second kappa shape index (κ2) is 3.94. The highest BCUT2D eigenvalue weighted by atomic mass is 16.4. The predicted octanol–water partition coefficient (Wildman–Crippen LogP) is 2.09. The Hall–Kier alpha value is -1.51. The van der Waals surface area contributed by atoms with Gasteiger partial charge >= 0.3 is 0 Å². The second-order valence-electron chi connectivity index (χ2n) is 3.13. The first-order chi connectivity index (χ1) is 6.13. The van der Waals surface area contributed by atoms with Gasteiger partial charge in [-0.1, -0.05) is 17.3 Å². The Bertz CT molecular complexity index is 332. The van der Waals surface area contributed by atoms with Crippen molar-refractivity contribution in [3.05, 3.63) is 29.3 Å². The highest BCUT2D eigenvalue weighted by Crippen LogP contribution is 2.17. The van der Waals surface area contributed by atoms with Crippen molar-refractivity contribution in [1.29, 1.82) is 0 Å². The van der Waals surface area contributed by atoms with E-state index >= 15 is 0 Å². The molecule has 0 unspecified atom stereocenters. The molecule has 0 aromatic heterocycles. The van der Waals surface area contributed by atoms with Gasteiger partial charge in [-0.05, 0) is 31.0 Å². The zero-order valence-electron chi connectivity index (χ0n) is 7.78. The Balaban J connectivity index is 2.86. The van der Waals surface area contributed by atoms with Crippen molar-refractivity contribution in [2.45, 2.75) is 20.3 Å². The molecule has 3 heteroatoms. The number of aromatic hydroxyl groups is 1. The summed E-state index contributed by atoms with van der Waals surface area (Å²) in [6.07, 6.45) is 0.560. The molecule has 0 radical (unpaired) electrons. The number of rotatable bonds is 2. The maximum atomic E-state index is 9.38. The van der Waals surface area contributed by atoms with E-state index in [1.54, 1.807) is 13.0 Å². The Morgan fingerprint density at radius 1 is 1.46 bits per heavy atom. The molecule has 0 bridgehead atoms. The zero-order chi connectivity index (χ0) is 9.84. The molecule has 70 valence electrons. The predicted molar refractivity (Wildman–Crippen MR) is 51.4 cm³/mol. The number of aryl methyl sites for hydroxylation is 1. The maximum Gasteiger partial charge on any atom is 0.118 e. The van der Waals surface area contributed by atoms with Gasteiger partial charge in [0.1, 0.15) is 5.75 Å². The fourth-order valence-corrected chi connectivity index (χ4v) is 1.10. The van der Waals surface area contributed by atoms with Crippen molar-refractivity contribution in [3.63, 3.8) is 0 Å². The van der Waals surface area contributed by atoms with Crippen molar-refractivity contribution in [2.75, 3.05) is 0 Å². The van der Waals surface area contributed by atoms with Crippen LogP contribution in [0.15, 0.2) is 23.4 Å². The molecule has 13 heavy (non-hydrogen) atoms. The molecule has 0 aliphatic heterocycles. The first-order valence-electron chi connectivity index (χ1n) is 4.09. The number of oxime groups is 1. The molecule has 0 heterocycles. The van der Waals surface area contributed by atoms with E-state index < -0.39 is 0 Å². The van der Waals surface area contributed by atoms with Crippen molar-refractivity contribution >= 4 is 5.71 Å². The summed E-state index contributed by atoms with van der Waals surface area (Å²) in [4.78, 5) is 0. The first kappa shape index (κ1) is 9.58. The molecule has 1 aromatic rings. The summed E-state index contributed by atoms with van der Waals surface area (Å²) in [5.41, 5.74) is 2.42. The molecule has 0 saturated heterocycles. The SMILES string of the molecule is C/C(Cc1ccc(C)c(O)c1)=N\O. The van der Waals surface area contributed by atoms with E-state index in [0.29, 0.717) is 12.1 Å². The monoisotopic (exact) mass is 179 g/mol. The molecule has 0 atom stereocenters. The fraction of sp³-hybridized carbons (Fsp3) is 0.300. The summed E-state index contributed by atoms with van der Waals surface area (Å²) >= 11 is 0. The molecule has 1 rings (SSSR count). The average Bonchev–Trinajstić information content (AvgIpc) is 2.11. The van der Waals surface area contributed by atoms with E-state index in [-0.39, 0.29) is 5.75 Å². The molecule has 0 amide bonds. The molecule has 0 fully saturated rings. The van der Waals surface area contributed by atoms with Gasteiger partial charge in [-0.3, -0.25) is 0 Å². The van der Waals surface area contributed by atoms with Gasteiger partial charge in [0.25, 0.3) is 0 Å². The van der Waals surface area contributed by atoms with E-state index in [1.807, 2.05) is 19.1 Å². The number of hydrogen-bond acceptors (Lipinski definition) is 3. The summed E-state index contributed by atoms with van der Waals surface area (Å²) in [6, 6.07) is 5.43. The third-order valence-corrected chi connectivity index (χ3v) is 1.90. The lowest BCUT2D eigenvalue weighted by Gasteiger charge is -2.02. The number of phenols is 1. The van der Waals surface area contributed by atoms with Crippen LogP contribution in [0.25, 0.3) is 0 Å². The van der Waals surface area contributed by atoms with Crippen LogP contribution < -0.4 is 0 Å². The Labute approximate surface area is 77.3 Å². The largest absolute Gasteiger partial charge is 0.508 e. The number of phenolic OH excluding ortho intramolecular Hbond substituents is 1. The Morgan fingerprint density at radius 3 is 2.69 bits per heavy atom. The van der Waals surface area contributed by atoms with E-state index in [2.05, 4.69) is 5.16 Å². The van der Waals surface area contributed by atoms with Gasteiger partial charge in [0.05, 0.1) is 5.71 Å². The van der Waals surface area contributed by atoms with Gasteiger partial charge in [0.15, 0.2) is 0 Å². The normalized spacial score (nSPS) is 11.7. The molecule has 0 spiro atoms. The van der Waals surface area contributed by atoms with Crippen LogP contribution in [-0.4, -0.2) is 16.0 Å². The van der Waals surface area contributed by atoms with Gasteiger partial charge in [-0.25, -0.2) is 0 Å². The Morgan fingerprint density at radius 2 is 2.15 bits per heavy atom. The Kier molecular flexibility index (Phi) is 2.90. The molecule has 0 saturated carbocycles. The lowest BCUT2D eigenvalue weighted by atomic mass is 10.1. The van der Waals surface area contributed by atoms with E-state index in [1.165, 1.54) is 0 Å². The fourth-order valence-electron chi connectivity index (χ4n) is 1.10. The van der Waals surface area contributed by atoms with Gasteiger partial charge < -0.3 is 10.3 Å².